The number of benzene rings is 2. The Bertz CT molecular complexity index is 911. The monoisotopic (exact) mass is 496 g/mol. The lowest BCUT2D eigenvalue weighted by molar-refractivity contribution is -0.138. The Labute approximate surface area is 204 Å². The van der Waals surface area contributed by atoms with Crippen molar-refractivity contribution in [1.82, 2.24) is 10.2 Å². The third kappa shape index (κ3) is 8.23. The summed E-state index contributed by atoms with van der Waals surface area (Å²) in [4.78, 5) is 27.4. The number of amides is 2. The number of nitrogens with one attached hydrogen (secondary N) is 1. The molecule has 2 amide bonds. The van der Waals surface area contributed by atoms with E-state index in [1.807, 2.05) is 30.3 Å². The highest BCUT2D eigenvalue weighted by molar-refractivity contribution is 7.99. The predicted octanol–water partition coefficient (Wildman–Crippen LogP) is 5.57. The summed E-state index contributed by atoms with van der Waals surface area (Å²) >= 11 is 13.5. The summed E-state index contributed by atoms with van der Waals surface area (Å²) in [6.45, 7) is 4.76. The van der Waals surface area contributed by atoms with Crippen molar-refractivity contribution in [2.24, 2.45) is 0 Å². The number of hydrogen-bond donors (Lipinski definition) is 1. The number of ether oxygens (including phenoxy) is 1. The molecule has 0 saturated heterocycles. The number of hydrogen-bond acceptors (Lipinski definition) is 4. The van der Waals surface area contributed by atoms with E-state index in [9.17, 15) is 9.59 Å². The molecule has 0 spiro atoms. The maximum absolute atomic E-state index is 13.1. The molecule has 2 rings (SSSR count). The quantitative estimate of drug-likeness (QED) is 0.390. The second kappa shape index (κ2) is 13.6. The number of thioether (sulfide) groups is 1. The van der Waals surface area contributed by atoms with Gasteiger partial charge < -0.3 is 15.0 Å². The summed E-state index contributed by atoms with van der Waals surface area (Å²) in [5, 5.41) is 3.93. The van der Waals surface area contributed by atoms with Crippen LogP contribution in [0.25, 0.3) is 0 Å². The molecule has 0 saturated carbocycles. The molecule has 8 heteroatoms. The highest BCUT2D eigenvalue weighted by Gasteiger charge is 2.26. The van der Waals surface area contributed by atoms with E-state index >= 15 is 0 Å². The molecule has 174 valence electrons. The third-order valence-electron chi connectivity index (χ3n) is 4.96. The lowest BCUT2D eigenvalue weighted by Gasteiger charge is -2.29. The van der Waals surface area contributed by atoms with Crippen LogP contribution in [-0.2, 0) is 21.9 Å². The number of halogens is 2. The Morgan fingerprint density at radius 1 is 1.12 bits per heavy atom. The van der Waals surface area contributed by atoms with Crippen molar-refractivity contribution < 1.29 is 14.3 Å². The zero-order valence-corrected chi connectivity index (χ0v) is 21.0. The molecule has 0 unspecified atom stereocenters. The third-order valence-corrected chi connectivity index (χ3v) is 6.69. The van der Waals surface area contributed by atoms with Crippen molar-refractivity contribution in [3.63, 3.8) is 0 Å². The van der Waals surface area contributed by atoms with E-state index in [0.717, 1.165) is 24.0 Å². The molecule has 0 aromatic heterocycles. The smallest absolute Gasteiger partial charge is 0.242 e. The normalized spacial score (nSPS) is 11.7. The predicted molar refractivity (Wildman–Crippen MR) is 134 cm³/mol. The first-order chi connectivity index (χ1) is 15.3. The fraction of sp³-hybridized carbons (Fsp3) is 0.417. The maximum Gasteiger partial charge on any atom is 0.242 e. The Hall–Kier alpha value is -1.89. The van der Waals surface area contributed by atoms with Crippen LogP contribution in [0.4, 0.5) is 0 Å². The molecule has 2 aromatic rings. The minimum Gasteiger partial charge on any atom is -0.497 e. The van der Waals surface area contributed by atoms with Crippen LogP contribution in [0.2, 0.25) is 10.0 Å². The average molecular weight is 497 g/mol. The van der Waals surface area contributed by atoms with Crippen molar-refractivity contribution in [2.75, 3.05) is 19.4 Å². The first-order valence-corrected chi connectivity index (χ1v) is 12.5. The second-order valence-corrected chi connectivity index (χ2v) is 9.23. The van der Waals surface area contributed by atoms with Gasteiger partial charge in [0.1, 0.15) is 11.8 Å². The average Bonchev–Trinajstić information content (AvgIpc) is 2.79. The van der Waals surface area contributed by atoms with E-state index < -0.39 is 6.04 Å². The molecule has 5 nitrogen and oxygen atoms in total. The lowest BCUT2D eigenvalue weighted by atomic mass is 10.1. The van der Waals surface area contributed by atoms with Crippen LogP contribution < -0.4 is 10.1 Å². The Morgan fingerprint density at radius 2 is 1.91 bits per heavy atom. The first-order valence-electron chi connectivity index (χ1n) is 10.6. The Morgan fingerprint density at radius 3 is 2.59 bits per heavy atom. The standard InChI is InChI=1S/C24H30Cl2N2O3S/c1-4-5-11-27-24(30)17(2)28(14-18-7-6-8-20(12-18)31-3)23(29)16-32-15-19-9-10-21(25)22(26)13-19/h6-10,12-13,17H,4-5,11,14-16H2,1-3H3,(H,27,30)/t17-/m1/s1. The SMILES string of the molecule is CCCCNC(=O)[C@@H](C)N(Cc1cccc(OC)c1)C(=O)CSCc1ccc(Cl)c(Cl)c1. The Kier molecular flexibility index (Phi) is 11.2. The lowest BCUT2D eigenvalue weighted by Crippen LogP contribution is -2.48. The highest BCUT2D eigenvalue weighted by atomic mass is 35.5. The molecule has 0 radical (unpaired) electrons. The molecule has 0 fully saturated rings. The fourth-order valence-electron chi connectivity index (χ4n) is 3.05. The van der Waals surface area contributed by atoms with Crippen molar-refractivity contribution in [3.05, 3.63) is 63.6 Å². The largest absolute Gasteiger partial charge is 0.497 e. The van der Waals surface area contributed by atoms with Gasteiger partial charge in [-0.1, -0.05) is 54.7 Å². The van der Waals surface area contributed by atoms with Gasteiger partial charge in [-0.25, -0.2) is 0 Å². The van der Waals surface area contributed by atoms with Crippen molar-refractivity contribution in [1.29, 1.82) is 0 Å². The minimum atomic E-state index is -0.587. The van der Waals surface area contributed by atoms with Crippen LogP contribution in [0.3, 0.4) is 0 Å². The van der Waals surface area contributed by atoms with Gasteiger partial charge in [0.25, 0.3) is 0 Å². The zero-order chi connectivity index (χ0) is 23.5. The summed E-state index contributed by atoms with van der Waals surface area (Å²) in [5.41, 5.74) is 1.89. The molecule has 0 aliphatic rings. The van der Waals surface area contributed by atoms with Crippen molar-refractivity contribution >= 4 is 46.8 Å². The number of methoxy groups -OCH3 is 1. The number of carbonyl (C=O) groups is 2. The molecule has 0 aliphatic heterocycles. The van der Waals surface area contributed by atoms with Crippen LogP contribution in [0.15, 0.2) is 42.5 Å². The van der Waals surface area contributed by atoms with Gasteiger partial charge in [0, 0.05) is 18.8 Å². The molecule has 1 atom stereocenters. The number of rotatable bonds is 12. The van der Waals surface area contributed by atoms with E-state index in [-0.39, 0.29) is 17.6 Å². The topological polar surface area (TPSA) is 58.6 Å². The molecule has 1 N–H and O–H groups in total. The van der Waals surface area contributed by atoms with Crippen molar-refractivity contribution in [3.8, 4) is 5.75 Å². The van der Waals surface area contributed by atoms with E-state index in [4.69, 9.17) is 27.9 Å². The van der Waals surface area contributed by atoms with Gasteiger partial charge in [-0.3, -0.25) is 9.59 Å². The van der Waals surface area contributed by atoms with E-state index in [2.05, 4.69) is 12.2 Å². The number of nitrogens with zero attached hydrogens (tertiary/aromatic N) is 1. The van der Waals surface area contributed by atoms with Gasteiger partial charge in [-0.05, 0) is 48.7 Å². The van der Waals surface area contributed by atoms with Crippen molar-refractivity contribution in [2.45, 2.75) is 45.0 Å². The van der Waals surface area contributed by atoms with Crippen LogP contribution in [-0.4, -0.2) is 42.2 Å². The maximum atomic E-state index is 13.1. The molecule has 0 bridgehead atoms. The molecule has 2 aromatic carbocycles. The van der Waals surface area contributed by atoms with E-state index in [1.165, 1.54) is 11.8 Å². The molecule has 0 heterocycles. The van der Waals surface area contributed by atoms with Gasteiger partial charge in [0.05, 0.1) is 22.9 Å². The van der Waals surface area contributed by atoms with Gasteiger partial charge in [-0.2, -0.15) is 0 Å². The summed E-state index contributed by atoms with van der Waals surface area (Å²) < 4.78 is 5.30. The van der Waals surface area contributed by atoms with Gasteiger partial charge in [0.15, 0.2) is 0 Å². The molecule has 32 heavy (non-hydrogen) atoms. The number of unbranched alkanes of at least 4 members (excludes halogenated alkanes) is 1. The molecule has 0 aliphatic carbocycles. The molecular formula is C24H30Cl2N2O3S. The van der Waals surface area contributed by atoms with Crippen LogP contribution in [0.1, 0.15) is 37.8 Å². The van der Waals surface area contributed by atoms with E-state index in [1.54, 1.807) is 31.1 Å². The van der Waals surface area contributed by atoms with Gasteiger partial charge >= 0.3 is 0 Å². The summed E-state index contributed by atoms with van der Waals surface area (Å²) in [6, 6.07) is 12.4. The van der Waals surface area contributed by atoms with Crippen LogP contribution in [0, 0.1) is 0 Å². The minimum absolute atomic E-state index is 0.101. The number of carbonyl (C=O) groups excluding carboxylic acids is 2. The zero-order valence-electron chi connectivity index (χ0n) is 18.7. The first kappa shape index (κ1) is 26.4. The molecular weight excluding hydrogens is 467 g/mol. The van der Waals surface area contributed by atoms with E-state index in [0.29, 0.717) is 34.6 Å². The summed E-state index contributed by atoms with van der Waals surface area (Å²) in [7, 11) is 1.60. The van der Waals surface area contributed by atoms with Crippen LogP contribution >= 0.6 is 35.0 Å². The highest BCUT2D eigenvalue weighted by Crippen LogP contribution is 2.25. The van der Waals surface area contributed by atoms with Gasteiger partial charge in [-0.15, -0.1) is 11.8 Å². The van der Waals surface area contributed by atoms with Crippen LogP contribution in [0.5, 0.6) is 5.75 Å². The fourth-order valence-corrected chi connectivity index (χ4v) is 4.23. The summed E-state index contributed by atoms with van der Waals surface area (Å²) in [6.07, 6.45) is 1.90. The second-order valence-electron chi connectivity index (χ2n) is 7.43. The van der Waals surface area contributed by atoms with Gasteiger partial charge in [0.2, 0.25) is 11.8 Å². The summed E-state index contributed by atoms with van der Waals surface area (Å²) in [5.74, 6) is 1.33. The Balaban J connectivity index is 2.07.